The van der Waals surface area contributed by atoms with Crippen molar-refractivity contribution in [3.05, 3.63) is 194 Å². The Morgan fingerprint density at radius 1 is 0.293 bits per heavy atom. The molecule has 6 heteroatoms. The number of aromatic nitrogens is 6. The predicted octanol–water partition coefficient (Wildman–Crippen LogP) is 12.7. The van der Waals surface area contributed by atoms with E-state index in [1.54, 1.807) is 0 Å². The standard InChI is InChI=1S/C52H32N6/c1-3-13-33(14-4-1)35-23-27-37(28-24-35)49-54-50(38-29-25-36(26-30-38)34-15-5-2-6-16-34)56-52(55-49)58-45-21-11-9-18-40(45)42-32-31-41-39-17-7-8-19-43(39)51-53-44-20-10-12-22-46(44)57(51)47(41)48(42)58/h1-32H. The van der Waals surface area contributed by atoms with Gasteiger partial charge in [0.2, 0.25) is 5.95 Å². The summed E-state index contributed by atoms with van der Waals surface area (Å²) in [6.07, 6.45) is 0. The average molecular weight is 741 g/mol. The molecule has 12 aromatic rings. The van der Waals surface area contributed by atoms with Crippen molar-refractivity contribution in [3.8, 4) is 51.0 Å². The maximum Gasteiger partial charge on any atom is 0.238 e. The van der Waals surface area contributed by atoms with Gasteiger partial charge in [-0.25, -0.2) is 9.97 Å². The van der Waals surface area contributed by atoms with Crippen molar-refractivity contribution in [2.24, 2.45) is 0 Å². The fourth-order valence-electron chi connectivity index (χ4n) is 8.65. The second-order valence-corrected chi connectivity index (χ2v) is 14.7. The zero-order valence-electron chi connectivity index (χ0n) is 31.2. The molecule has 12 rings (SSSR count). The van der Waals surface area contributed by atoms with Crippen LogP contribution in [0.5, 0.6) is 0 Å². The molecule has 0 aliphatic carbocycles. The van der Waals surface area contributed by atoms with Crippen molar-refractivity contribution in [3.63, 3.8) is 0 Å². The first-order valence-electron chi connectivity index (χ1n) is 19.5. The second-order valence-electron chi connectivity index (χ2n) is 14.7. The Morgan fingerprint density at radius 3 is 1.38 bits per heavy atom. The highest BCUT2D eigenvalue weighted by molar-refractivity contribution is 6.24. The number of rotatable bonds is 5. The van der Waals surface area contributed by atoms with Crippen LogP contribution in [0.15, 0.2) is 194 Å². The van der Waals surface area contributed by atoms with Gasteiger partial charge in [0.25, 0.3) is 0 Å². The summed E-state index contributed by atoms with van der Waals surface area (Å²) >= 11 is 0. The highest BCUT2D eigenvalue weighted by Crippen LogP contribution is 2.41. The fraction of sp³-hybridized carbons (Fsp3) is 0. The highest BCUT2D eigenvalue weighted by Gasteiger charge is 2.23. The summed E-state index contributed by atoms with van der Waals surface area (Å²) in [5.74, 6) is 1.74. The number of pyridine rings is 1. The summed E-state index contributed by atoms with van der Waals surface area (Å²) in [6, 6.07) is 67.9. The minimum absolute atomic E-state index is 0.545. The molecule has 0 N–H and O–H groups in total. The Bertz CT molecular complexity index is 3430. The van der Waals surface area contributed by atoms with Crippen LogP contribution in [0.2, 0.25) is 0 Å². The lowest BCUT2D eigenvalue weighted by molar-refractivity contribution is 0.954. The van der Waals surface area contributed by atoms with E-state index >= 15 is 0 Å². The Labute approximate surface area is 333 Å². The SMILES string of the molecule is c1ccc(-c2ccc(-c3nc(-c4ccc(-c5ccccc5)cc4)nc(-n4c5ccccc5c5ccc6c7ccccc7c7nc8ccccc8n7c6c54)n3)cc2)cc1. The Morgan fingerprint density at radius 2 is 0.759 bits per heavy atom. The van der Waals surface area contributed by atoms with Crippen LogP contribution < -0.4 is 0 Å². The van der Waals surface area contributed by atoms with Crippen molar-refractivity contribution in [2.45, 2.75) is 0 Å². The molecule has 0 atom stereocenters. The number of hydrogen-bond acceptors (Lipinski definition) is 4. The van der Waals surface area contributed by atoms with Crippen molar-refractivity contribution in [2.75, 3.05) is 0 Å². The van der Waals surface area contributed by atoms with Crippen LogP contribution in [0, 0.1) is 0 Å². The normalized spacial score (nSPS) is 11.8. The first-order valence-corrected chi connectivity index (χ1v) is 19.5. The quantitative estimate of drug-likeness (QED) is 0.165. The molecule has 0 spiro atoms. The topological polar surface area (TPSA) is 60.9 Å². The first-order chi connectivity index (χ1) is 28.8. The first kappa shape index (κ1) is 32.3. The van der Waals surface area contributed by atoms with E-state index < -0.39 is 0 Å². The van der Waals surface area contributed by atoms with Crippen LogP contribution >= 0.6 is 0 Å². The van der Waals surface area contributed by atoms with Gasteiger partial charge in [-0.2, -0.15) is 9.97 Å². The molecule has 270 valence electrons. The maximum atomic E-state index is 5.35. The van der Waals surface area contributed by atoms with Gasteiger partial charge in [-0.15, -0.1) is 0 Å². The van der Waals surface area contributed by atoms with Gasteiger partial charge < -0.3 is 0 Å². The molecule has 0 amide bonds. The van der Waals surface area contributed by atoms with Gasteiger partial charge in [-0.1, -0.05) is 176 Å². The molecule has 58 heavy (non-hydrogen) atoms. The lowest BCUT2D eigenvalue weighted by Gasteiger charge is -2.14. The van der Waals surface area contributed by atoms with Crippen LogP contribution in [0.1, 0.15) is 0 Å². The molecule has 4 heterocycles. The molecule has 8 aromatic carbocycles. The number of fused-ring (bicyclic) bond motifs is 12. The van der Waals surface area contributed by atoms with Gasteiger partial charge in [0.05, 0.1) is 27.6 Å². The molecule has 0 radical (unpaired) electrons. The fourth-order valence-corrected chi connectivity index (χ4v) is 8.65. The van der Waals surface area contributed by atoms with E-state index in [2.05, 4.69) is 191 Å². The second kappa shape index (κ2) is 12.8. The van der Waals surface area contributed by atoms with Crippen LogP contribution in [-0.2, 0) is 0 Å². The van der Waals surface area contributed by atoms with Crippen LogP contribution in [0.25, 0.3) is 111 Å². The molecular formula is C52H32N6. The lowest BCUT2D eigenvalue weighted by Crippen LogP contribution is -2.07. The number of para-hydroxylation sites is 3. The third kappa shape index (κ3) is 4.98. The Balaban J connectivity index is 1.17. The van der Waals surface area contributed by atoms with E-state index in [1.165, 1.54) is 0 Å². The molecule has 0 saturated carbocycles. The maximum absolute atomic E-state index is 5.35. The van der Waals surface area contributed by atoms with E-state index in [9.17, 15) is 0 Å². The Kier molecular flexibility index (Phi) is 7.13. The molecule has 0 saturated heterocycles. The van der Waals surface area contributed by atoms with Crippen molar-refractivity contribution < 1.29 is 0 Å². The predicted molar refractivity (Wildman–Crippen MR) is 237 cm³/mol. The van der Waals surface area contributed by atoms with E-state index in [0.29, 0.717) is 17.6 Å². The van der Waals surface area contributed by atoms with Crippen molar-refractivity contribution in [1.29, 1.82) is 0 Å². The minimum Gasteiger partial charge on any atom is -0.290 e. The molecule has 0 unspecified atom stereocenters. The van der Waals surface area contributed by atoms with Gasteiger partial charge in [0.15, 0.2) is 11.6 Å². The average Bonchev–Trinajstić information content (AvgIpc) is 3.86. The summed E-state index contributed by atoms with van der Waals surface area (Å²) in [5, 5.41) is 5.61. The molecule has 4 aromatic heterocycles. The monoisotopic (exact) mass is 740 g/mol. The van der Waals surface area contributed by atoms with Crippen molar-refractivity contribution in [1.82, 2.24) is 28.9 Å². The summed E-state index contributed by atoms with van der Waals surface area (Å²) in [4.78, 5) is 21.1. The number of nitrogens with zero attached hydrogens (tertiary/aromatic N) is 6. The number of benzene rings is 8. The van der Waals surface area contributed by atoms with Gasteiger partial charge in [-0.05, 0) is 45.8 Å². The van der Waals surface area contributed by atoms with E-state index in [1.807, 2.05) is 12.1 Å². The van der Waals surface area contributed by atoms with Crippen LogP contribution in [0.4, 0.5) is 0 Å². The van der Waals surface area contributed by atoms with Gasteiger partial charge in [0, 0.05) is 32.7 Å². The Hall–Kier alpha value is -7.96. The number of hydrogen-bond donors (Lipinski definition) is 0. The third-order valence-corrected chi connectivity index (χ3v) is 11.4. The summed E-state index contributed by atoms with van der Waals surface area (Å²) < 4.78 is 4.57. The molecule has 6 nitrogen and oxygen atoms in total. The molecule has 0 bridgehead atoms. The highest BCUT2D eigenvalue weighted by atomic mass is 15.2. The van der Waals surface area contributed by atoms with Gasteiger partial charge in [0.1, 0.15) is 5.65 Å². The summed E-state index contributed by atoms with van der Waals surface area (Å²) in [7, 11) is 0. The summed E-state index contributed by atoms with van der Waals surface area (Å²) in [6.45, 7) is 0. The summed E-state index contributed by atoms with van der Waals surface area (Å²) in [5.41, 5.74) is 12.4. The molecular weight excluding hydrogens is 709 g/mol. The third-order valence-electron chi connectivity index (χ3n) is 11.4. The van der Waals surface area contributed by atoms with Crippen LogP contribution in [-0.4, -0.2) is 28.9 Å². The largest absolute Gasteiger partial charge is 0.290 e. The minimum atomic E-state index is 0.545. The van der Waals surface area contributed by atoms with Gasteiger partial charge >= 0.3 is 0 Å². The zero-order chi connectivity index (χ0) is 38.2. The van der Waals surface area contributed by atoms with E-state index in [0.717, 1.165) is 93.5 Å². The van der Waals surface area contributed by atoms with Gasteiger partial charge in [-0.3, -0.25) is 8.97 Å². The van der Waals surface area contributed by atoms with E-state index in [-0.39, 0.29) is 0 Å². The molecule has 0 aliphatic heterocycles. The number of imidazole rings is 1. The molecule has 0 fully saturated rings. The smallest absolute Gasteiger partial charge is 0.238 e. The molecule has 0 aliphatic rings. The van der Waals surface area contributed by atoms with Crippen molar-refractivity contribution >= 4 is 60.2 Å². The van der Waals surface area contributed by atoms with Crippen LogP contribution in [0.3, 0.4) is 0 Å². The van der Waals surface area contributed by atoms with E-state index in [4.69, 9.17) is 19.9 Å². The lowest BCUT2D eigenvalue weighted by atomic mass is 10.0. The zero-order valence-corrected chi connectivity index (χ0v) is 31.2.